The molecule has 0 saturated heterocycles. The van der Waals surface area contributed by atoms with Crippen LogP contribution in [0.2, 0.25) is 0 Å². The second kappa shape index (κ2) is 5.41. The molecular weight excluding hydrogens is 222 g/mol. The Bertz CT molecular complexity index is 373. The van der Waals surface area contributed by atoms with Gasteiger partial charge in [-0.05, 0) is 36.4 Å². The van der Waals surface area contributed by atoms with Crippen LogP contribution in [0.25, 0.3) is 0 Å². The first-order valence-electron chi connectivity index (χ1n) is 7.04. The zero-order valence-electron chi connectivity index (χ0n) is 11.5. The summed E-state index contributed by atoms with van der Waals surface area (Å²) in [4.78, 5) is 0. The Morgan fingerprint density at radius 3 is 2.06 bits per heavy atom. The van der Waals surface area contributed by atoms with Crippen molar-refractivity contribution in [2.24, 2.45) is 11.1 Å². The lowest BCUT2D eigenvalue weighted by molar-refractivity contribution is 0.0192. The number of nitrogens with two attached hydrogens (primary N) is 1. The van der Waals surface area contributed by atoms with E-state index < -0.39 is 0 Å². The third kappa shape index (κ3) is 2.32. The number of benzene rings is 1. The fourth-order valence-electron chi connectivity index (χ4n) is 3.10. The summed E-state index contributed by atoms with van der Waals surface area (Å²) in [5.41, 5.74) is 8.66. The van der Waals surface area contributed by atoms with Gasteiger partial charge in [0.05, 0.1) is 0 Å². The fraction of sp³-hybridized carbons (Fsp3) is 0.625. The van der Waals surface area contributed by atoms with Crippen molar-refractivity contribution in [2.45, 2.75) is 44.9 Å². The van der Waals surface area contributed by atoms with Crippen LogP contribution < -0.4 is 5.73 Å². The maximum absolute atomic E-state index is 9.69. The zero-order valence-corrected chi connectivity index (χ0v) is 11.5. The average Bonchev–Trinajstić information content (AvgIpc) is 2.34. The van der Waals surface area contributed by atoms with Gasteiger partial charge in [-0.3, -0.25) is 0 Å². The van der Waals surface area contributed by atoms with Crippen molar-refractivity contribution in [2.75, 3.05) is 13.2 Å². The molecule has 3 N–H and O–H groups in total. The summed E-state index contributed by atoms with van der Waals surface area (Å²) in [5, 5.41) is 9.69. The lowest BCUT2D eigenvalue weighted by Gasteiger charge is -2.46. The van der Waals surface area contributed by atoms with E-state index in [1.54, 1.807) is 0 Å². The molecule has 1 fully saturated rings. The van der Waals surface area contributed by atoms with Crippen LogP contribution in [0.4, 0.5) is 0 Å². The van der Waals surface area contributed by atoms with Gasteiger partial charge in [-0.2, -0.15) is 0 Å². The van der Waals surface area contributed by atoms with Gasteiger partial charge in [-0.1, -0.05) is 44.5 Å². The van der Waals surface area contributed by atoms with Gasteiger partial charge in [0.15, 0.2) is 0 Å². The molecule has 100 valence electrons. The van der Waals surface area contributed by atoms with Crippen LogP contribution in [-0.2, 0) is 0 Å². The van der Waals surface area contributed by atoms with Crippen molar-refractivity contribution in [3.8, 4) is 0 Å². The molecule has 1 aliphatic carbocycles. The van der Waals surface area contributed by atoms with Crippen molar-refractivity contribution < 1.29 is 5.11 Å². The van der Waals surface area contributed by atoms with E-state index in [0.29, 0.717) is 18.4 Å². The highest BCUT2D eigenvalue weighted by atomic mass is 16.3. The van der Waals surface area contributed by atoms with E-state index in [-0.39, 0.29) is 12.0 Å². The summed E-state index contributed by atoms with van der Waals surface area (Å²) in [6.07, 6.45) is 3.44. The molecule has 1 unspecified atom stereocenters. The largest absolute Gasteiger partial charge is 0.396 e. The van der Waals surface area contributed by atoms with E-state index in [1.807, 2.05) is 0 Å². The summed E-state index contributed by atoms with van der Waals surface area (Å²) >= 11 is 0. The van der Waals surface area contributed by atoms with Crippen LogP contribution in [0.15, 0.2) is 24.3 Å². The Labute approximate surface area is 110 Å². The fourth-order valence-corrected chi connectivity index (χ4v) is 3.10. The molecule has 2 nitrogen and oxygen atoms in total. The molecule has 0 heterocycles. The highest BCUT2D eigenvalue weighted by Gasteiger charge is 2.43. The molecular formula is C16H25NO. The van der Waals surface area contributed by atoms with Crippen LogP contribution in [-0.4, -0.2) is 18.3 Å². The molecule has 2 heteroatoms. The molecule has 1 aromatic carbocycles. The molecule has 0 aromatic heterocycles. The highest BCUT2D eigenvalue weighted by molar-refractivity contribution is 5.29. The van der Waals surface area contributed by atoms with Crippen molar-refractivity contribution >= 4 is 0 Å². The predicted octanol–water partition coefficient (Wildman–Crippen LogP) is 3.01. The molecule has 0 bridgehead atoms. The zero-order chi connectivity index (χ0) is 13.2. The van der Waals surface area contributed by atoms with Crippen molar-refractivity contribution in [1.29, 1.82) is 0 Å². The first-order valence-corrected chi connectivity index (χ1v) is 7.04. The quantitative estimate of drug-likeness (QED) is 0.840. The van der Waals surface area contributed by atoms with Gasteiger partial charge in [0, 0.05) is 17.9 Å². The Kier molecular flexibility index (Phi) is 4.08. The first-order chi connectivity index (χ1) is 8.63. The molecule has 18 heavy (non-hydrogen) atoms. The van der Waals surface area contributed by atoms with Crippen molar-refractivity contribution in [1.82, 2.24) is 0 Å². The van der Waals surface area contributed by atoms with Gasteiger partial charge in [0.1, 0.15) is 0 Å². The minimum absolute atomic E-state index is 0.0497. The number of hydrogen-bond acceptors (Lipinski definition) is 2. The lowest BCUT2D eigenvalue weighted by atomic mass is 9.59. The SMILES string of the molecule is CC(C)c1ccc(C(CN)C2(CO)CCC2)cc1. The summed E-state index contributed by atoms with van der Waals surface area (Å²) in [6, 6.07) is 8.80. The highest BCUT2D eigenvalue weighted by Crippen LogP contribution is 2.50. The standard InChI is InChI=1S/C16H25NO/c1-12(2)13-4-6-14(7-5-13)15(10-17)16(11-18)8-3-9-16/h4-7,12,15,18H,3,8-11,17H2,1-2H3. The Hall–Kier alpha value is -0.860. The van der Waals surface area contributed by atoms with E-state index in [2.05, 4.69) is 38.1 Å². The second-order valence-electron chi connectivity index (χ2n) is 5.98. The second-order valence-corrected chi connectivity index (χ2v) is 5.98. The molecule has 0 spiro atoms. The van der Waals surface area contributed by atoms with Crippen LogP contribution in [0.1, 0.15) is 56.1 Å². The number of hydrogen-bond donors (Lipinski definition) is 2. The Morgan fingerprint density at radius 2 is 1.72 bits per heavy atom. The molecule has 0 radical (unpaired) electrons. The molecule has 1 aromatic rings. The van der Waals surface area contributed by atoms with Crippen molar-refractivity contribution in [3.63, 3.8) is 0 Å². The smallest absolute Gasteiger partial charge is 0.0493 e. The van der Waals surface area contributed by atoms with Crippen LogP contribution in [0.3, 0.4) is 0 Å². The molecule has 0 amide bonds. The summed E-state index contributed by atoms with van der Waals surface area (Å²) < 4.78 is 0. The molecule has 2 rings (SSSR count). The van der Waals surface area contributed by atoms with Crippen LogP contribution in [0, 0.1) is 5.41 Å². The van der Waals surface area contributed by atoms with Crippen molar-refractivity contribution in [3.05, 3.63) is 35.4 Å². The van der Waals surface area contributed by atoms with E-state index in [1.165, 1.54) is 17.5 Å². The summed E-state index contributed by atoms with van der Waals surface area (Å²) in [7, 11) is 0. The number of rotatable bonds is 5. The van der Waals surface area contributed by atoms with Crippen LogP contribution in [0.5, 0.6) is 0 Å². The van der Waals surface area contributed by atoms with Gasteiger partial charge in [0.2, 0.25) is 0 Å². The minimum atomic E-state index is 0.0497. The Morgan fingerprint density at radius 1 is 1.17 bits per heavy atom. The first kappa shape index (κ1) is 13.6. The average molecular weight is 247 g/mol. The van der Waals surface area contributed by atoms with E-state index in [9.17, 15) is 5.11 Å². The van der Waals surface area contributed by atoms with E-state index in [0.717, 1.165) is 12.8 Å². The molecule has 1 saturated carbocycles. The van der Waals surface area contributed by atoms with Gasteiger partial charge in [-0.25, -0.2) is 0 Å². The third-order valence-electron chi connectivity index (χ3n) is 4.64. The van der Waals surface area contributed by atoms with Gasteiger partial charge in [-0.15, -0.1) is 0 Å². The predicted molar refractivity (Wildman–Crippen MR) is 75.7 cm³/mol. The lowest BCUT2D eigenvalue weighted by Crippen LogP contribution is -2.42. The number of aliphatic hydroxyl groups excluding tert-OH is 1. The van der Waals surface area contributed by atoms with Gasteiger partial charge >= 0.3 is 0 Å². The van der Waals surface area contributed by atoms with Gasteiger partial charge < -0.3 is 10.8 Å². The molecule has 1 aliphatic rings. The third-order valence-corrected chi connectivity index (χ3v) is 4.64. The minimum Gasteiger partial charge on any atom is -0.396 e. The molecule has 0 aliphatic heterocycles. The van der Waals surface area contributed by atoms with E-state index >= 15 is 0 Å². The summed E-state index contributed by atoms with van der Waals surface area (Å²) in [6.45, 7) is 5.30. The number of aliphatic hydroxyl groups is 1. The summed E-state index contributed by atoms with van der Waals surface area (Å²) in [5.74, 6) is 0.864. The Balaban J connectivity index is 2.22. The molecule has 1 atom stereocenters. The maximum atomic E-state index is 9.69. The maximum Gasteiger partial charge on any atom is 0.0493 e. The van der Waals surface area contributed by atoms with Crippen LogP contribution >= 0.6 is 0 Å². The van der Waals surface area contributed by atoms with Gasteiger partial charge in [0.25, 0.3) is 0 Å². The topological polar surface area (TPSA) is 46.2 Å². The van der Waals surface area contributed by atoms with E-state index in [4.69, 9.17) is 5.73 Å². The monoisotopic (exact) mass is 247 g/mol. The normalized spacial score (nSPS) is 19.6.